The van der Waals surface area contributed by atoms with Crippen LogP contribution in [0.4, 0.5) is 4.39 Å². The van der Waals surface area contributed by atoms with E-state index in [0.29, 0.717) is 18.0 Å². The Morgan fingerprint density at radius 3 is 2.54 bits per heavy atom. The van der Waals surface area contributed by atoms with E-state index in [1.807, 2.05) is 19.1 Å². The van der Waals surface area contributed by atoms with Crippen LogP contribution in [0.25, 0.3) is 5.69 Å². The number of hydrogen-bond donors (Lipinski definition) is 1. The van der Waals surface area contributed by atoms with Crippen molar-refractivity contribution < 1.29 is 9.18 Å². The average molecular weight is 350 g/mol. The Bertz CT molecular complexity index is 930. The third-order valence-corrected chi connectivity index (χ3v) is 4.61. The van der Waals surface area contributed by atoms with E-state index >= 15 is 0 Å². The van der Waals surface area contributed by atoms with Crippen molar-refractivity contribution in [1.82, 2.24) is 20.1 Å². The average Bonchev–Trinajstić information content (AvgIpc) is 3.45. The number of carbonyl (C=O) groups excluding carboxylic acids is 1. The molecular weight excluding hydrogens is 331 g/mol. The molecule has 1 saturated carbocycles. The van der Waals surface area contributed by atoms with Crippen LogP contribution in [0.1, 0.15) is 46.1 Å². The van der Waals surface area contributed by atoms with Crippen molar-refractivity contribution in [1.29, 1.82) is 0 Å². The standard InChI is InChI=1S/C20H19FN4O/c1-13-18(20(26)23-12-14-8-10-22-11-9-14)19(15-2-3-15)24-25(13)17-6-4-16(21)5-7-17/h4-11,15H,2-3,12H2,1H3,(H,23,26). The summed E-state index contributed by atoms with van der Waals surface area (Å²) >= 11 is 0. The van der Waals surface area contributed by atoms with Gasteiger partial charge in [0.2, 0.25) is 0 Å². The molecule has 1 aliphatic carbocycles. The number of pyridine rings is 1. The predicted octanol–water partition coefficient (Wildman–Crippen LogP) is 3.52. The van der Waals surface area contributed by atoms with Crippen molar-refractivity contribution in [3.63, 3.8) is 0 Å². The monoisotopic (exact) mass is 350 g/mol. The highest BCUT2D eigenvalue weighted by Gasteiger charge is 2.33. The first-order valence-electron chi connectivity index (χ1n) is 8.66. The Morgan fingerprint density at radius 2 is 1.88 bits per heavy atom. The molecule has 1 aromatic carbocycles. The summed E-state index contributed by atoms with van der Waals surface area (Å²) in [6.07, 6.45) is 5.50. The van der Waals surface area contributed by atoms with Gasteiger partial charge in [0.05, 0.1) is 22.6 Å². The molecule has 1 fully saturated rings. The summed E-state index contributed by atoms with van der Waals surface area (Å²) in [4.78, 5) is 16.8. The van der Waals surface area contributed by atoms with Gasteiger partial charge in [-0.3, -0.25) is 9.78 Å². The van der Waals surface area contributed by atoms with E-state index in [-0.39, 0.29) is 11.7 Å². The molecule has 0 atom stereocenters. The lowest BCUT2D eigenvalue weighted by Crippen LogP contribution is -2.24. The molecule has 6 heteroatoms. The molecule has 0 saturated heterocycles. The van der Waals surface area contributed by atoms with Crippen LogP contribution in [0.15, 0.2) is 48.8 Å². The van der Waals surface area contributed by atoms with Crippen LogP contribution in [0.3, 0.4) is 0 Å². The molecule has 1 N–H and O–H groups in total. The topological polar surface area (TPSA) is 59.8 Å². The fraction of sp³-hybridized carbons (Fsp3) is 0.250. The highest BCUT2D eigenvalue weighted by Crippen LogP contribution is 2.42. The van der Waals surface area contributed by atoms with Gasteiger partial charge in [0.15, 0.2) is 0 Å². The Labute approximate surface area is 150 Å². The van der Waals surface area contributed by atoms with E-state index < -0.39 is 0 Å². The zero-order valence-electron chi connectivity index (χ0n) is 14.4. The van der Waals surface area contributed by atoms with Gasteiger partial charge in [-0.1, -0.05) is 0 Å². The normalized spacial score (nSPS) is 13.6. The molecular formula is C20H19FN4O. The van der Waals surface area contributed by atoms with Crippen molar-refractivity contribution in [3.05, 3.63) is 77.1 Å². The summed E-state index contributed by atoms with van der Waals surface area (Å²) < 4.78 is 14.9. The van der Waals surface area contributed by atoms with E-state index in [2.05, 4.69) is 15.4 Å². The van der Waals surface area contributed by atoms with Gasteiger partial charge >= 0.3 is 0 Å². The SMILES string of the molecule is Cc1c(C(=O)NCc2ccncc2)c(C2CC2)nn1-c1ccc(F)cc1. The Hall–Kier alpha value is -3.02. The van der Waals surface area contributed by atoms with E-state index in [4.69, 9.17) is 0 Å². The first-order chi connectivity index (χ1) is 12.6. The molecule has 2 heterocycles. The maximum atomic E-state index is 13.2. The second-order valence-corrected chi connectivity index (χ2v) is 6.55. The van der Waals surface area contributed by atoms with Gasteiger partial charge in [0, 0.05) is 24.9 Å². The summed E-state index contributed by atoms with van der Waals surface area (Å²) in [5, 5.41) is 7.64. The fourth-order valence-corrected chi connectivity index (χ4v) is 3.05. The Balaban J connectivity index is 1.64. The zero-order chi connectivity index (χ0) is 18.1. The van der Waals surface area contributed by atoms with Gasteiger partial charge in [-0.15, -0.1) is 0 Å². The van der Waals surface area contributed by atoms with Crippen molar-refractivity contribution in [2.75, 3.05) is 0 Å². The van der Waals surface area contributed by atoms with Crippen LogP contribution in [0, 0.1) is 12.7 Å². The van der Waals surface area contributed by atoms with E-state index in [1.54, 1.807) is 29.2 Å². The maximum absolute atomic E-state index is 13.2. The molecule has 4 rings (SSSR count). The lowest BCUT2D eigenvalue weighted by molar-refractivity contribution is 0.0949. The van der Waals surface area contributed by atoms with Crippen LogP contribution in [-0.2, 0) is 6.54 Å². The molecule has 0 bridgehead atoms. The minimum Gasteiger partial charge on any atom is -0.348 e. The van der Waals surface area contributed by atoms with E-state index in [1.165, 1.54) is 12.1 Å². The second kappa shape index (κ2) is 6.71. The quantitative estimate of drug-likeness (QED) is 0.766. The van der Waals surface area contributed by atoms with Gasteiger partial charge in [-0.25, -0.2) is 9.07 Å². The van der Waals surface area contributed by atoms with E-state index in [0.717, 1.165) is 35.5 Å². The van der Waals surface area contributed by atoms with Gasteiger partial charge in [0.1, 0.15) is 5.82 Å². The Kier molecular flexibility index (Phi) is 4.24. The summed E-state index contributed by atoms with van der Waals surface area (Å²) in [6, 6.07) is 9.88. The van der Waals surface area contributed by atoms with Crippen LogP contribution >= 0.6 is 0 Å². The molecule has 0 spiro atoms. The third kappa shape index (κ3) is 3.22. The van der Waals surface area contributed by atoms with Crippen LogP contribution in [0.5, 0.6) is 0 Å². The first kappa shape index (κ1) is 16.4. The molecule has 1 amide bonds. The van der Waals surface area contributed by atoms with Crippen LogP contribution in [0.2, 0.25) is 0 Å². The number of amides is 1. The van der Waals surface area contributed by atoms with Crippen LogP contribution in [-0.4, -0.2) is 20.7 Å². The molecule has 0 unspecified atom stereocenters. The highest BCUT2D eigenvalue weighted by atomic mass is 19.1. The number of carbonyl (C=O) groups is 1. The lowest BCUT2D eigenvalue weighted by Gasteiger charge is -2.07. The summed E-state index contributed by atoms with van der Waals surface area (Å²) in [5.41, 5.74) is 3.97. The maximum Gasteiger partial charge on any atom is 0.255 e. The molecule has 26 heavy (non-hydrogen) atoms. The number of benzene rings is 1. The van der Waals surface area contributed by atoms with Gasteiger partial charge in [-0.05, 0) is 61.7 Å². The smallest absolute Gasteiger partial charge is 0.255 e. The second-order valence-electron chi connectivity index (χ2n) is 6.55. The Morgan fingerprint density at radius 1 is 1.19 bits per heavy atom. The molecule has 5 nitrogen and oxygen atoms in total. The van der Waals surface area contributed by atoms with Crippen LogP contribution < -0.4 is 5.32 Å². The molecule has 2 aromatic heterocycles. The number of aromatic nitrogens is 3. The largest absolute Gasteiger partial charge is 0.348 e. The van der Waals surface area contributed by atoms with Crippen molar-refractivity contribution in [2.45, 2.75) is 32.2 Å². The highest BCUT2D eigenvalue weighted by molar-refractivity contribution is 5.96. The van der Waals surface area contributed by atoms with Crippen molar-refractivity contribution in [2.24, 2.45) is 0 Å². The zero-order valence-corrected chi connectivity index (χ0v) is 14.4. The fourth-order valence-electron chi connectivity index (χ4n) is 3.05. The van der Waals surface area contributed by atoms with Gasteiger partial charge < -0.3 is 5.32 Å². The van der Waals surface area contributed by atoms with Crippen molar-refractivity contribution >= 4 is 5.91 Å². The number of rotatable bonds is 5. The number of nitrogens with one attached hydrogen (secondary N) is 1. The first-order valence-corrected chi connectivity index (χ1v) is 8.66. The summed E-state index contributed by atoms with van der Waals surface area (Å²) in [6.45, 7) is 2.32. The van der Waals surface area contributed by atoms with E-state index in [9.17, 15) is 9.18 Å². The lowest BCUT2D eigenvalue weighted by atomic mass is 10.1. The minimum absolute atomic E-state index is 0.130. The van der Waals surface area contributed by atoms with Crippen molar-refractivity contribution in [3.8, 4) is 5.69 Å². The number of nitrogens with zero attached hydrogens (tertiary/aromatic N) is 3. The molecule has 3 aromatic rings. The number of hydrogen-bond acceptors (Lipinski definition) is 3. The molecule has 0 radical (unpaired) electrons. The van der Waals surface area contributed by atoms with Gasteiger partial charge in [-0.2, -0.15) is 5.10 Å². The number of halogens is 1. The summed E-state index contributed by atoms with van der Waals surface area (Å²) in [7, 11) is 0. The van der Waals surface area contributed by atoms with Gasteiger partial charge in [0.25, 0.3) is 5.91 Å². The predicted molar refractivity (Wildman–Crippen MR) is 95.6 cm³/mol. The molecule has 0 aliphatic heterocycles. The minimum atomic E-state index is -0.295. The molecule has 132 valence electrons. The third-order valence-electron chi connectivity index (χ3n) is 4.61. The summed E-state index contributed by atoms with van der Waals surface area (Å²) in [5.74, 6) is -0.0945. The molecule has 1 aliphatic rings.